The van der Waals surface area contributed by atoms with Crippen LogP contribution in [0.2, 0.25) is 0 Å². The van der Waals surface area contributed by atoms with Crippen molar-refractivity contribution in [1.82, 2.24) is 24.6 Å². The summed E-state index contributed by atoms with van der Waals surface area (Å²) < 4.78 is 7.46. The summed E-state index contributed by atoms with van der Waals surface area (Å²) in [5.41, 5.74) is 0.799. The number of aromatic nitrogens is 4. The van der Waals surface area contributed by atoms with Gasteiger partial charge in [-0.2, -0.15) is 10.1 Å². The number of fused-ring (bicyclic) bond motifs is 1. The molecule has 7 nitrogen and oxygen atoms in total. The number of morpholine rings is 1. The molecule has 1 N–H and O–H groups in total. The molecule has 0 bridgehead atoms. The summed E-state index contributed by atoms with van der Waals surface area (Å²) in [7, 11) is 0. The van der Waals surface area contributed by atoms with Crippen molar-refractivity contribution in [1.29, 1.82) is 0 Å². The predicted octanol–water partition coefficient (Wildman–Crippen LogP) is 2.08. The summed E-state index contributed by atoms with van der Waals surface area (Å²) >= 11 is 0. The fourth-order valence-corrected chi connectivity index (χ4v) is 3.60. The van der Waals surface area contributed by atoms with Crippen molar-refractivity contribution in [2.75, 3.05) is 44.7 Å². The van der Waals surface area contributed by atoms with Crippen LogP contribution in [0.25, 0.3) is 11.0 Å². The zero-order valence-corrected chi connectivity index (χ0v) is 14.2. The molecule has 0 unspecified atom stereocenters. The molecule has 1 saturated heterocycles. The van der Waals surface area contributed by atoms with Crippen LogP contribution >= 0.6 is 0 Å². The van der Waals surface area contributed by atoms with Crippen LogP contribution in [0.3, 0.4) is 0 Å². The molecule has 0 radical (unpaired) electrons. The van der Waals surface area contributed by atoms with Gasteiger partial charge in [0.2, 0.25) is 5.95 Å². The lowest BCUT2D eigenvalue weighted by Gasteiger charge is -2.26. The van der Waals surface area contributed by atoms with Crippen LogP contribution in [-0.2, 0) is 4.74 Å². The largest absolute Gasteiger partial charge is 0.379 e. The summed E-state index contributed by atoms with van der Waals surface area (Å²) in [5, 5.41) is 9.01. The lowest BCUT2D eigenvalue weighted by Crippen LogP contribution is -2.37. The normalized spacial score (nSPS) is 20.0. The molecule has 0 amide bonds. The Kier molecular flexibility index (Phi) is 4.89. The molecule has 7 heteroatoms. The van der Waals surface area contributed by atoms with Gasteiger partial charge >= 0.3 is 0 Å². The van der Waals surface area contributed by atoms with E-state index in [9.17, 15) is 0 Å². The molecular weight excluding hydrogens is 304 g/mol. The van der Waals surface area contributed by atoms with Crippen LogP contribution in [-0.4, -0.2) is 64.0 Å². The van der Waals surface area contributed by atoms with E-state index in [0.717, 1.165) is 56.8 Å². The smallest absolute Gasteiger partial charge is 0.224 e. The molecule has 1 saturated carbocycles. The maximum Gasteiger partial charge on any atom is 0.224 e. The Balaban J connectivity index is 1.31. The lowest BCUT2D eigenvalue weighted by molar-refractivity contribution is 0.0378. The molecule has 3 heterocycles. The predicted molar refractivity (Wildman–Crippen MR) is 93.2 cm³/mol. The minimum atomic E-state index is 0.545. The van der Waals surface area contributed by atoms with Crippen molar-refractivity contribution in [2.45, 2.75) is 38.1 Å². The Morgan fingerprint density at radius 1 is 1.21 bits per heavy atom. The number of hydrogen-bond acceptors (Lipinski definition) is 6. The minimum Gasteiger partial charge on any atom is -0.379 e. The van der Waals surface area contributed by atoms with Gasteiger partial charge in [0, 0.05) is 32.0 Å². The highest BCUT2D eigenvalue weighted by molar-refractivity contribution is 5.73. The van der Waals surface area contributed by atoms with Crippen molar-refractivity contribution in [3.63, 3.8) is 0 Å². The number of nitrogens with zero attached hydrogens (tertiary/aromatic N) is 5. The number of ether oxygens (including phenoxy) is 1. The van der Waals surface area contributed by atoms with E-state index in [1.54, 1.807) is 0 Å². The van der Waals surface area contributed by atoms with Gasteiger partial charge in [0.1, 0.15) is 0 Å². The second-order valence-corrected chi connectivity index (χ2v) is 6.75. The Hall–Kier alpha value is -1.73. The fourth-order valence-electron chi connectivity index (χ4n) is 3.60. The zero-order chi connectivity index (χ0) is 16.2. The molecule has 2 fully saturated rings. The van der Waals surface area contributed by atoms with Crippen LogP contribution in [0.1, 0.15) is 38.1 Å². The van der Waals surface area contributed by atoms with Gasteiger partial charge in [-0.3, -0.25) is 9.58 Å². The summed E-state index contributed by atoms with van der Waals surface area (Å²) in [5.74, 6) is 0.682. The third-order valence-corrected chi connectivity index (χ3v) is 5.01. The van der Waals surface area contributed by atoms with Crippen molar-refractivity contribution in [2.24, 2.45) is 0 Å². The Bertz CT molecular complexity index is 660. The van der Waals surface area contributed by atoms with E-state index in [-0.39, 0.29) is 0 Å². The zero-order valence-electron chi connectivity index (χ0n) is 14.2. The monoisotopic (exact) mass is 330 g/mol. The van der Waals surface area contributed by atoms with Crippen LogP contribution < -0.4 is 5.32 Å². The molecule has 1 aliphatic heterocycles. The van der Waals surface area contributed by atoms with Crippen LogP contribution in [0, 0.1) is 0 Å². The minimum absolute atomic E-state index is 0.545. The third-order valence-electron chi connectivity index (χ3n) is 5.01. The Morgan fingerprint density at radius 2 is 2.04 bits per heavy atom. The third kappa shape index (κ3) is 3.67. The molecule has 4 rings (SSSR count). The van der Waals surface area contributed by atoms with Crippen LogP contribution in [0.4, 0.5) is 5.95 Å². The van der Waals surface area contributed by atoms with Crippen LogP contribution in [0.5, 0.6) is 0 Å². The van der Waals surface area contributed by atoms with E-state index >= 15 is 0 Å². The average molecular weight is 330 g/mol. The average Bonchev–Trinajstić information content (AvgIpc) is 3.28. The first-order valence-corrected chi connectivity index (χ1v) is 9.14. The lowest BCUT2D eigenvalue weighted by atomic mass is 10.3. The first kappa shape index (κ1) is 15.8. The second-order valence-electron chi connectivity index (χ2n) is 6.75. The molecular formula is C17H26N6O. The SMILES string of the molecule is c1nc(NCCCN2CCOCC2)nc2nn(C3CCCC3)cc12. The molecule has 1 aliphatic carbocycles. The summed E-state index contributed by atoms with van der Waals surface area (Å²) in [6, 6.07) is 0.545. The van der Waals surface area contributed by atoms with Gasteiger partial charge in [-0.15, -0.1) is 0 Å². The van der Waals surface area contributed by atoms with Gasteiger partial charge in [-0.05, 0) is 25.8 Å². The number of anilines is 1. The van der Waals surface area contributed by atoms with Gasteiger partial charge < -0.3 is 10.1 Å². The van der Waals surface area contributed by atoms with Crippen molar-refractivity contribution in [3.05, 3.63) is 12.4 Å². The number of rotatable bonds is 6. The van der Waals surface area contributed by atoms with E-state index < -0.39 is 0 Å². The summed E-state index contributed by atoms with van der Waals surface area (Å²) in [4.78, 5) is 11.4. The van der Waals surface area contributed by atoms with Gasteiger partial charge in [0.25, 0.3) is 0 Å². The van der Waals surface area contributed by atoms with E-state index in [1.807, 2.05) is 6.20 Å². The molecule has 2 aliphatic rings. The topological polar surface area (TPSA) is 68.1 Å². The van der Waals surface area contributed by atoms with Gasteiger partial charge in [-0.1, -0.05) is 12.8 Å². The van der Waals surface area contributed by atoms with Crippen molar-refractivity contribution >= 4 is 17.0 Å². The van der Waals surface area contributed by atoms with Gasteiger partial charge in [0.15, 0.2) is 5.65 Å². The highest BCUT2D eigenvalue weighted by Crippen LogP contribution is 2.29. The van der Waals surface area contributed by atoms with E-state index in [4.69, 9.17) is 4.74 Å². The molecule has 0 spiro atoms. The molecule has 0 aromatic carbocycles. The summed E-state index contributed by atoms with van der Waals surface area (Å²) in [6.07, 6.45) is 10.1. The quantitative estimate of drug-likeness (QED) is 0.818. The maximum atomic E-state index is 5.37. The first-order valence-electron chi connectivity index (χ1n) is 9.14. The molecule has 130 valence electrons. The van der Waals surface area contributed by atoms with Crippen molar-refractivity contribution in [3.8, 4) is 0 Å². The number of nitrogens with one attached hydrogen (secondary N) is 1. The van der Waals surface area contributed by atoms with E-state index in [2.05, 4.69) is 36.2 Å². The van der Waals surface area contributed by atoms with Crippen molar-refractivity contribution < 1.29 is 4.74 Å². The van der Waals surface area contributed by atoms with Gasteiger partial charge in [0.05, 0.1) is 24.6 Å². The highest BCUT2D eigenvalue weighted by Gasteiger charge is 2.18. The fraction of sp³-hybridized carbons (Fsp3) is 0.706. The Morgan fingerprint density at radius 3 is 2.88 bits per heavy atom. The standard InChI is InChI=1S/C17H26N6O/c1-2-5-15(4-1)23-13-14-12-19-17(20-16(14)21-23)18-6-3-7-22-8-10-24-11-9-22/h12-13,15H,1-11H2,(H,18,20,21). The second kappa shape index (κ2) is 7.44. The van der Waals surface area contributed by atoms with E-state index in [0.29, 0.717) is 12.0 Å². The summed E-state index contributed by atoms with van der Waals surface area (Å²) in [6.45, 7) is 5.77. The van der Waals surface area contributed by atoms with E-state index in [1.165, 1.54) is 25.7 Å². The molecule has 0 atom stereocenters. The maximum absolute atomic E-state index is 5.37. The first-order chi connectivity index (χ1) is 11.9. The van der Waals surface area contributed by atoms with Gasteiger partial charge in [-0.25, -0.2) is 4.98 Å². The Labute approximate surface area is 142 Å². The number of hydrogen-bond donors (Lipinski definition) is 1. The van der Waals surface area contributed by atoms with Crippen LogP contribution in [0.15, 0.2) is 12.4 Å². The molecule has 24 heavy (non-hydrogen) atoms. The molecule has 2 aromatic rings. The highest BCUT2D eigenvalue weighted by atomic mass is 16.5. The molecule has 2 aromatic heterocycles.